The monoisotopic (exact) mass is 368 g/mol. The fraction of sp³-hybridized carbons (Fsp3) is 0.250. The summed E-state index contributed by atoms with van der Waals surface area (Å²) in [4.78, 5) is 30.7. The van der Waals surface area contributed by atoms with Crippen molar-refractivity contribution in [3.05, 3.63) is 57.5 Å². The minimum Gasteiger partial charge on any atom is -0.495 e. The Morgan fingerprint density at radius 2 is 2.00 bits per heavy atom. The molecule has 0 saturated heterocycles. The van der Waals surface area contributed by atoms with Crippen LogP contribution in [0.5, 0.6) is 5.75 Å². The Morgan fingerprint density at radius 1 is 1.19 bits per heavy atom. The number of carbonyl (C=O) groups excluding carboxylic acids is 1. The fourth-order valence-electron chi connectivity index (χ4n) is 3.52. The van der Waals surface area contributed by atoms with Crippen molar-refractivity contribution in [1.82, 2.24) is 9.55 Å². The van der Waals surface area contributed by atoms with Gasteiger partial charge in [0.25, 0.3) is 5.56 Å². The van der Waals surface area contributed by atoms with Gasteiger partial charge in [-0.25, -0.2) is 0 Å². The number of ketones is 1. The zero-order valence-electron chi connectivity index (χ0n) is 14.5. The van der Waals surface area contributed by atoms with Gasteiger partial charge in [0.1, 0.15) is 5.75 Å². The van der Waals surface area contributed by atoms with E-state index in [1.807, 2.05) is 25.1 Å². The van der Waals surface area contributed by atoms with Gasteiger partial charge in [-0.05, 0) is 25.5 Å². The molecule has 132 valence electrons. The molecule has 1 aliphatic rings. The number of methoxy groups -OCH3 is 1. The number of nitrogens with zero attached hydrogens (tertiary/aromatic N) is 2. The minimum absolute atomic E-state index is 0.120. The maximum Gasteiger partial charge on any atom is 0.258 e. The summed E-state index contributed by atoms with van der Waals surface area (Å²) in [7, 11) is 1.53. The minimum atomic E-state index is -0.130. The van der Waals surface area contributed by atoms with Crippen molar-refractivity contribution in [3.63, 3.8) is 0 Å². The van der Waals surface area contributed by atoms with E-state index in [-0.39, 0.29) is 11.3 Å². The molecule has 2 heterocycles. The summed E-state index contributed by atoms with van der Waals surface area (Å²) in [5, 5.41) is 1.21. The largest absolute Gasteiger partial charge is 0.495 e. The fourth-order valence-corrected chi connectivity index (χ4v) is 3.64. The smallest absolute Gasteiger partial charge is 0.258 e. The van der Waals surface area contributed by atoms with Gasteiger partial charge in [-0.3, -0.25) is 14.6 Å². The highest BCUT2D eigenvalue weighted by molar-refractivity contribution is 6.26. The van der Waals surface area contributed by atoms with Crippen LogP contribution in [-0.2, 0) is 6.54 Å². The number of ether oxygens (including phenoxy) is 1. The first-order valence-corrected chi connectivity index (χ1v) is 8.92. The van der Waals surface area contributed by atoms with Gasteiger partial charge in [-0.15, -0.1) is 11.6 Å². The molecule has 0 bridgehead atoms. The van der Waals surface area contributed by atoms with Gasteiger partial charge in [0.15, 0.2) is 5.78 Å². The molecule has 4 rings (SSSR count). The molecule has 0 amide bonds. The summed E-state index contributed by atoms with van der Waals surface area (Å²) >= 11 is 5.85. The maximum absolute atomic E-state index is 13.2. The highest BCUT2D eigenvalue weighted by atomic mass is 35.5. The number of fused-ring (bicyclic) bond motifs is 5. The number of aryl methyl sites for hydroxylation is 1. The molecule has 0 atom stereocenters. The number of benzene rings is 1. The van der Waals surface area contributed by atoms with Crippen LogP contribution in [0.25, 0.3) is 22.2 Å². The van der Waals surface area contributed by atoms with Gasteiger partial charge in [0.05, 0.1) is 35.8 Å². The summed E-state index contributed by atoms with van der Waals surface area (Å²) in [6, 6.07) is 7.27. The molecule has 0 saturated carbocycles. The zero-order chi connectivity index (χ0) is 18.4. The van der Waals surface area contributed by atoms with Gasteiger partial charge in [-0.2, -0.15) is 0 Å². The van der Waals surface area contributed by atoms with Gasteiger partial charge < -0.3 is 9.30 Å². The lowest BCUT2D eigenvalue weighted by Crippen LogP contribution is -2.24. The quantitative estimate of drug-likeness (QED) is 0.517. The molecule has 0 unspecified atom stereocenters. The predicted molar refractivity (Wildman–Crippen MR) is 101 cm³/mol. The molecule has 6 heteroatoms. The molecule has 0 fully saturated rings. The number of rotatable bonds is 4. The highest BCUT2D eigenvalue weighted by Crippen LogP contribution is 2.39. The first-order chi connectivity index (χ1) is 12.6. The number of hydrogen-bond acceptors (Lipinski definition) is 4. The third kappa shape index (κ3) is 2.35. The van der Waals surface area contributed by atoms with Crippen LogP contribution in [0.3, 0.4) is 0 Å². The summed E-state index contributed by atoms with van der Waals surface area (Å²) in [6.45, 7) is 2.37. The second-order valence-corrected chi connectivity index (χ2v) is 6.75. The first kappa shape index (κ1) is 16.8. The second-order valence-electron chi connectivity index (χ2n) is 6.37. The Kier molecular flexibility index (Phi) is 4.04. The van der Waals surface area contributed by atoms with E-state index in [0.717, 1.165) is 5.56 Å². The Labute approximate surface area is 155 Å². The molecule has 3 aromatic rings. The molecule has 1 aliphatic carbocycles. The summed E-state index contributed by atoms with van der Waals surface area (Å²) in [6.07, 6.45) is 2.20. The van der Waals surface area contributed by atoms with Crippen molar-refractivity contribution < 1.29 is 9.53 Å². The van der Waals surface area contributed by atoms with Crippen LogP contribution in [0.15, 0.2) is 35.3 Å². The maximum atomic E-state index is 13.2. The lowest BCUT2D eigenvalue weighted by molar-refractivity contribution is 0.104. The lowest BCUT2D eigenvalue weighted by Gasteiger charge is -2.14. The number of carbonyl (C=O) groups is 1. The topological polar surface area (TPSA) is 61.2 Å². The highest BCUT2D eigenvalue weighted by Gasteiger charge is 2.34. The molecule has 0 spiro atoms. The molecular weight excluding hydrogens is 352 g/mol. The van der Waals surface area contributed by atoms with E-state index in [4.69, 9.17) is 16.3 Å². The van der Waals surface area contributed by atoms with Crippen LogP contribution in [0.4, 0.5) is 0 Å². The lowest BCUT2D eigenvalue weighted by atomic mass is 10.0. The zero-order valence-corrected chi connectivity index (χ0v) is 15.3. The molecule has 0 N–H and O–H groups in total. The van der Waals surface area contributed by atoms with E-state index < -0.39 is 0 Å². The van der Waals surface area contributed by atoms with Crippen molar-refractivity contribution in [2.24, 2.45) is 0 Å². The van der Waals surface area contributed by atoms with Crippen molar-refractivity contribution in [3.8, 4) is 17.1 Å². The SMILES string of the molecule is COc1cnc2c(c1)C(=O)c1c-2n(CCCCl)c(=O)c2cc(C)ccc12. The first-order valence-electron chi connectivity index (χ1n) is 8.39. The van der Waals surface area contributed by atoms with E-state index >= 15 is 0 Å². The van der Waals surface area contributed by atoms with Crippen LogP contribution in [-0.4, -0.2) is 28.3 Å². The van der Waals surface area contributed by atoms with Gasteiger partial charge in [0, 0.05) is 23.2 Å². The molecule has 2 aromatic heterocycles. The molecule has 5 nitrogen and oxygen atoms in total. The Hall–Kier alpha value is -2.66. The Balaban J connectivity index is 2.12. The number of hydrogen-bond donors (Lipinski definition) is 0. The summed E-state index contributed by atoms with van der Waals surface area (Å²) in [5.74, 6) is 0.818. The number of aromatic nitrogens is 2. The van der Waals surface area contributed by atoms with E-state index in [2.05, 4.69) is 4.98 Å². The van der Waals surface area contributed by atoms with Crippen molar-refractivity contribution >= 4 is 28.2 Å². The van der Waals surface area contributed by atoms with Crippen LogP contribution in [0, 0.1) is 6.92 Å². The number of alkyl halides is 1. The average molecular weight is 369 g/mol. The van der Waals surface area contributed by atoms with E-state index in [9.17, 15) is 9.59 Å². The van der Waals surface area contributed by atoms with Crippen molar-refractivity contribution in [2.75, 3.05) is 13.0 Å². The van der Waals surface area contributed by atoms with E-state index in [0.29, 0.717) is 57.9 Å². The van der Waals surface area contributed by atoms with Crippen LogP contribution in [0.1, 0.15) is 27.9 Å². The number of halogens is 1. The van der Waals surface area contributed by atoms with Gasteiger partial charge >= 0.3 is 0 Å². The standard InChI is InChI=1S/C20H17ClN2O3/c1-11-4-5-13-14(8-11)20(25)23(7-3-6-21)18-16(13)19(24)15-9-12(26-2)10-22-17(15)18/h4-5,8-10H,3,6-7H2,1-2H3. The predicted octanol–water partition coefficient (Wildman–Crippen LogP) is 3.55. The second kappa shape index (κ2) is 6.25. The van der Waals surface area contributed by atoms with Gasteiger partial charge in [0.2, 0.25) is 0 Å². The van der Waals surface area contributed by atoms with Crippen LogP contribution < -0.4 is 10.3 Å². The Morgan fingerprint density at radius 3 is 2.73 bits per heavy atom. The summed E-state index contributed by atoms with van der Waals surface area (Å²) in [5.41, 5.74) is 2.96. The van der Waals surface area contributed by atoms with E-state index in [1.165, 1.54) is 7.11 Å². The van der Waals surface area contributed by atoms with Crippen LogP contribution in [0.2, 0.25) is 0 Å². The Bertz CT molecular complexity index is 1120. The molecular formula is C20H17ClN2O3. The third-order valence-corrected chi connectivity index (χ3v) is 5.00. The van der Waals surface area contributed by atoms with Gasteiger partial charge in [-0.1, -0.05) is 17.7 Å². The molecule has 0 radical (unpaired) electrons. The van der Waals surface area contributed by atoms with Crippen molar-refractivity contribution in [1.29, 1.82) is 0 Å². The van der Waals surface area contributed by atoms with Crippen molar-refractivity contribution in [2.45, 2.75) is 19.9 Å². The summed E-state index contributed by atoms with van der Waals surface area (Å²) < 4.78 is 6.85. The molecule has 0 aliphatic heterocycles. The number of pyridine rings is 2. The third-order valence-electron chi connectivity index (χ3n) is 4.74. The molecule has 1 aromatic carbocycles. The van der Waals surface area contributed by atoms with E-state index in [1.54, 1.807) is 16.8 Å². The average Bonchev–Trinajstić information content (AvgIpc) is 2.94. The van der Waals surface area contributed by atoms with Crippen LogP contribution >= 0.6 is 11.6 Å². The normalized spacial score (nSPS) is 12.3. The molecule has 26 heavy (non-hydrogen) atoms.